The Morgan fingerprint density at radius 2 is 1.69 bits per heavy atom. The van der Waals surface area contributed by atoms with E-state index in [9.17, 15) is 4.39 Å². The molecular formula is C22H21ClFNO. The molecule has 0 bridgehead atoms. The van der Waals surface area contributed by atoms with Crippen LogP contribution in [0.25, 0.3) is 0 Å². The Labute approximate surface area is 158 Å². The first-order valence-corrected chi connectivity index (χ1v) is 9.01. The normalized spacial score (nSPS) is 10.6. The summed E-state index contributed by atoms with van der Waals surface area (Å²) in [6.45, 7) is 2.96. The molecule has 0 aliphatic carbocycles. The number of para-hydroxylation sites is 1. The van der Waals surface area contributed by atoms with Crippen molar-refractivity contribution < 1.29 is 9.13 Å². The standard InChI is InChI=1S/C22H21ClFNO/c1-2-17-7-4-6-10-21(17)25-14-16-11-12-22(19(23)13-16)26-15-18-8-3-5-9-20(18)24/h3-13,25H,2,14-15H2,1H3. The maximum Gasteiger partial charge on any atom is 0.138 e. The lowest BCUT2D eigenvalue weighted by molar-refractivity contribution is 0.300. The number of hydrogen-bond acceptors (Lipinski definition) is 2. The highest BCUT2D eigenvalue weighted by molar-refractivity contribution is 6.32. The molecule has 1 N–H and O–H groups in total. The molecule has 0 radical (unpaired) electrons. The minimum absolute atomic E-state index is 0.147. The SMILES string of the molecule is CCc1ccccc1NCc1ccc(OCc2ccccc2F)c(Cl)c1. The number of benzene rings is 3. The van der Waals surface area contributed by atoms with Crippen molar-refractivity contribution >= 4 is 17.3 Å². The van der Waals surface area contributed by atoms with E-state index >= 15 is 0 Å². The van der Waals surface area contributed by atoms with Crippen LogP contribution in [0.2, 0.25) is 5.02 Å². The number of anilines is 1. The fourth-order valence-electron chi connectivity index (χ4n) is 2.74. The average molecular weight is 370 g/mol. The predicted octanol–water partition coefficient (Wildman–Crippen LogP) is 6.23. The van der Waals surface area contributed by atoms with Gasteiger partial charge in [0, 0.05) is 17.8 Å². The molecule has 0 aliphatic rings. The number of aryl methyl sites for hydroxylation is 1. The lowest BCUT2D eigenvalue weighted by atomic mass is 10.1. The van der Waals surface area contributed by atoms with Gasteiger partial charge in [-0.1, -0.05) is 61.0 Å². The quantitative estimate of drug-likeness (QED) is 0.532. The molecular weight excluding hydrogens is 349 g/mol. The molecule has 0 saturated heterocycles. The summed E-state index contributed by atoms with van der Waals surface area (Å²) in [7, 11) is 0. The first-order valence-electron chi connectivity index (χ1n) is 8.63. The van der Waals surface area contributed by atoms with E-state index in [1.807, 2.05) is 30.3 Å². The number of hydrogen-bond donors (Lipinski definition) is 1. The third-order valence-electron chi connectivity index (χ3n) is 4.22. The fraction of sp³-hybridized carbons (Fsp3) is 0.182. The van der Waals surface area contributed by atoms with Gasteiger partial charge in [-0.05, 0) is 41.8 Å². The van der Waals surface area contributed by atoms with Crippen LogP contribution >= 0.6 is 11.6 Å². The molecule has 3 aromatic carbocycles. The predicted molar refractivity (Wildman–Crippen MR) is 105 cm³/mol. The van der Waals surface area contributed by atoms with Crippen LogP contribution in [0.15, 0.2) is 66.7 Å². The molecule has 0 saturated carbocycles. The smallest absolute Gasteiger partial charge is 0.138 e. The van der Waals surface area contributed by atoms with Gasteiger partial charge in [-0.3, -0.25) is 0 Å². The van der Waals surface area contributed by atoms with Crippen molar-refractivity contribution in [1.29, 1.82) is 0 Å². The summed E-state index contributed by atoms with van der Waals surface area (Å²) in [6.07, 6.45) is 0.979. The van der Waals surface area contributed by atoms with Crippen molar-refractivity contribution in [1.82, 2.24) is 0 Å². The molecule has 0 unspecified atom stereocenters. The van der Waals surface area contributed by atoms with Crippen LogP contribution in [0.1, 0.15) is 23.6 Å². The highest BCUT2D eigenvalue weighted by Gasteiger charge is 2.07. The minimum atomic E-state index is -0.279. The van der Waals surface area contributed by atoms with E-state index < -0.39 is 0 Å². The highest BCUT2D eigenvalue weighted by Crippen LogP contribution is 2.27. The van der Waals surface area contributed by atoms with E-state index in [1.165, 1.54) is 11.6 Å². The van der Waals surface area contributed by atoms with E-state index in [0.717, 1.165) is 17.7 Å². The highest BCUT2D eigenvalue weighted by atomic mass is 35.5. The maximum absolute atomic E-state index is 13.7. The monoisotopic (exact) mass is 369 g/mol. The Morgan fingerprint density at radius 3 is 2.42 bits per heavy atom. The summed E-state index contributed by atoms with van der Waals surface area (Å²) in [5.74, 6) is 0.270. The Bertz CT molecular complexity index is 882. The Morgan fingerprint density at radius 1 is 0.962 bits per heavy atom. The van der Waals surface area contributed by atoms with Crippen molar-refractivity contribution in [3.05, 3.63) is 94.3 Å². The van der Waals surface area contributed by atoms with Crippen LogP contribution in [0.4, 0.5) is 10.1 Å². The summed E-state index contributed by atoms with van der Waals surface area (Å²) < 4.78 is 19.3. The summed E-state index contributed by atoms with van der Waals surface area (Å²) in [5.41, 5.74) is 3.97. The minimum Gasteiger partial charge on any atom is -0.487 e. The van der Waals surface area contributed by atoms with Gasteiger partial charge in [0.2, 0.25) is 0 Å². The van der Waals surface area contributed by atoms with Crippen LogP contribution in [0.5, 0.6) is 5.75 Å². The molecule has 0 heterocycles. The van der Waals surface area contributed by atoms with Gasteiger partial charge in [-0.15, -0.1) is 0 Å². The Balaban J connectivity index is 1.63. The van der Waals surface area contributed by atoms with Gasteiger partial charge in [-0.25, -0.2) is 4.39 Å². The van der Waals surface area contributed by atoms with E-state index in [2.05, 4.69) is 24.4 Å². The van der Waals surface area contributed by atoms with Gasteiger partial charge in [-0.2, -0.15) is 0 Å². The van der Waals surface area contributed by atoms with Gasteiger partial charge in [0.15, 0.2) is 0 Å². The number of rotatable bonds is 7. The van der Waals surface area contributed by atoms with Crippen LogP contribution in [-0.2, 0) is 19.6 Å². The number of nitrogens with one attached hydrogen (secondary N) is 1. The zero-order chi connectivity index (χ0) is 18.4. The largest absolute Gasteiger partial charge is 0.487 e. The van der Waals surface area contributed by atoms with Crippen molar-refractivity contribution in [2.45, 2.75) is 26.5 Å². The zero-order valence-electron chi connectivity index (χ0n) is 14.6. The first kappa shape index (κ1) is 18.3. The molecule has 0 aliphatic heterocycles. The van der Waals surface area contributed by atoms with E-state index in [4.69, 9.17) is 16.3 Å². The zero-order valence-corrected chi connectivity index (χ0v) is 15.4. The molecule has 134 valence electrons. The van der Waals surface area contributed by atoms with Crippen molar-refractivity contribution in [2.24, 2.45) is 0 Å². The Kier molecular flexibility index (Phi) is 6.13. The lowest BCUT2D eigenvalue weighted by Crippen LogP contribution is -2.03. The summed E-state index contributed by atoms with van der Waals surface area (Å²) in [4.78, 5) is 0. The van der Waals surface area contributed by atoms with Crippen molar-refractivity contribution in [2.75, 3.05) is 5.32 Å². The van der Waals surface area contributed by atoms with E-state index in [1.54, 1.807) is 18.2 Å². The lowest BCUT2D eigenvalue weighted by Gasteiger charge is -2.13. The number of ether oxygens (including phenoxy) is 1. The Hall–Kier alpha value is -2.52. The maximum atomic E-state index is 13.7. The van der Waals surface area contributed by atoms with E-state index in [0.29, 0.717) is 22.9 Å². The van der Waals surface area contributed by atoms with Gasteiger partial charge < -0.3 is 10.1 Å². The molecule has 0 fully saturated rings. The van der Waals surface area contributed by atoms with Gasteiger partial charge in [0.05, 0.1) is 5.02 Å². The fourth-order valence-corrected chi connectivity index (χ4v) is 3.00. The topological polar surface area (TPSA) is 21.3 Å². The average Bonchev–Trinajstić information content (AvgIpc) is 2.67. The van der Waals surface area contributed by atoms with Crippen molar-refractivity contribution in [3.8, 4) is 5.75 Å². The van der Waals surface area contributed by atoms with Crippen LogP contribution in [-0.4, -0.2) is 0 Å². The molecule has 0 amide bonds. The van der Waals surface area contributed by atoms with Gasteiger partial charge in [0.25, 0.3) is 0 Å². The first-order chi connectivity index (χ1) is 12.7. The molecule has 2 nitrogen and oxygen atoms in total. The molecule has 3 aromatic rings. The third kappa shape index (κ3) is 4.55. The molecule has 3 rings (SSSR count). The number of halogens is 2. The molecule has 0 atom stereocenters. The van der Waals surface area contributed by atoms with Gasteiger partial charge in [0.1, 0.15) is 18.2 Å². The molecule has 0 aromatic heterocycles. The molecule has 26 heavy (non-hydrogen) atoms. The summed E-state index contributed by atoms with van der Waals surface area (Å²) in [5, 5.41) is 3.96. The third-order valence-corrected chi connectivity index (χ3v) is 4.51. The van der Waals surface area contributed by atoms with Gasteiger partial charge >= 0.3 is 0 Å². The second-order valence-electron chi connectivity index (χ2n) is 6.01. The van der Waals surface area contributed by atoms with E-state index in [-0.39, 0.29) is 12.4 Å². The molecule has 0 spiro atoms. The molecule has 4 heteroatoms. The van der Waals surface area contributed by atoms with Crippen molar-refractivity contribution in [3.63, 3.8) is 0 Å². The van der Waals surface area contributed by atoms with Crippen LogP contribution < -0.4 is 10.1 Å². The van der Waals surface area contributed by atoms with Crippen LogP contribution in [0, 0.1) is 5.82 Å². The van der Waals surface area contributed by atoms with Crippen LogP contribution in [0.3, 0.4) is 0 Å². The second kappa shape index (κ2) is 8.72. The second-order valence-corrected chi connectivity index (χ2v) is 6.42. The summed E-state index contributed by atoms with van der Waals surface area (Å²) in [6, 6.07) is 20.5. The summed E-state index contributed by atoms with van der Waals surface area (Å²) >= 11 is 6.33.